The SMILES string of the molecule is C.C#Cc1ccc(-c2ccc(C#C)s2)s1.CCC/C(C#Cc1ccc(C#C[Si](C(C)C)(C(C)C)C(C)C)cc1)=C(\C#Cc1ccc(-c2ccc(C#C/C(CCC)=C(/C#Cc3ccc(C#C[Si](C(C)C)(C(C)C)C(C)C)cc3)CCC)s2)s1)CCC.CCC/C(I)=C(\C#Cc1ccc(C#C[Si](C(C)C)(C(C)C)C(C)C)cc1)CCC. The summed E-state index contributed by atoms with van der Waals surface area (Å²) >= 11 is 9.20. The molecule has 0 spiro atoms. The van der Waals surface area contributed by atoms with Crippen LogP contribution in [0, 0.1) is 118 Å². The number of thiophene rings is 4. The van der Waals surface area contributed by atoms with Crippen LogP contribution >= 0.6 is 67.9 Å². The minimum absolute atomic E-state index is 0. The van der Waals surface area contributed by atoms with E-state index >= 15 is 0 Å². The lowest BCUT2D eigenvalue weighted by Crippen LogP contribution is -2.43. The van der Waals surface area contributed by atoms with Gasteiger partial charge in [-0.3, -0.25) is 0 Å². The molecule has 0 aliphatic rings. The molecule has 0 N–H and O–H groups in total. The molecule has 7 rings (SSSR count). The zero-order valence-electron chi connectivity index (χ0n) is 72.9. The fraction of sp³-hybridized carbons (Fsp3) is 0.434. The van der Waals surface area contributed by atoms with E-state index in [-0.39, 0.29) is 7.43 Å². The quantitative estimate of drug-likeness (QED) is 0.0340. The summed E-state index contributed by atoms with van der Waals surface area (Å²) in [4.78, 5) is 8.84. The van der Waals surface area contributed by atoms with Crippen LogP contribution in [0.25, 0.3) is 19.5 Å². The Morgan fingerprint density at radius 1 is 0.272 bits per heavy atom. The molecule has 0 atom stereocenters. The van der Waals surface area contributed by atoms with Crippen molar-refractivity contribution in [1.82, 2.24) is 0 Å². The van der Waals surface area contributed by atoms with Gasteiger partial charge in [-0.2, -0.15) is 0 Å². The van der Waals surface area contributed by atoms with Crippen molar-refractivity contribution in [2.45, 2.75) is 301 Å². The minimum atomic E-state index is -1.79. The number of halogens is 1. The lowest BCUT2D eigenvalue weighted by atomic mass is 10.00. The van der Waals surface area contributed by atoms with E-state index in [2.05, 4.69) is 391 Å². The van der Waals surface area contributed by atoms with Crippen molar-refractivity contribution >= 4 is 92.2 Å². The lowest BCUT2D eigenvalue weighted by Gasteiger charge is -2.38. The second-order valence-corrected chi connectivity index (χ2v) is 54.5. The number of benzene rings is 3. The molecular weight excluding hydrogens is 1610 g/mol. The Labute approximate surface area is 729 Å². The smallest absolute Gasteiger partial charge is 0.126 e. The predicted octanol–water partition coefficient (Wildman–Crippen LogP) is 32.2. The number of hydrogen-bond donors (Lipinski definition) is 0. The van der Waals surface area contributed by atoms with Gasteiger partial charge in [0.1, 0.15) is 24.2 Å². The molecule has 0 radical (unpaired) electrons. The maximum atomic E-state index is 5.30. The van der Waals surface area contributed by atoms with E-state index in [1.165, 1.54) is 35.1 Å². The molecule has 0 nitrogen and oxygen atoms in total. The van der Waals surface area contributed by atoms with Crippen LogP contribution in [-0.4, -0.2) is 24.2 Å². The van der Waals surface area contributed by atoms with Gasteiger partial charge in [0.05, 0.1) is 19.5 Å². The van der Waals surface area contributed by atoms with Gasteiger partial charge in [-0.25, -0.2) is 0 Å². The second-order valence-electron chi connectivity index (χ2n) is 32.2. The van der Waals surface area contributed by atoms with Crippen LogP contribution in [0.5, 0.6) is 0 Å². The Bertz CT molecular complexity index is 4650. The van der Waals surface area contributed by atoms with Crippen molar-refractivity contribution in [3.05, 3.63) is 206 Å². The summed E-state index contributed by atoms with van der Waals surface area (Å²) in [6.07, 6.45) is 22.9. The highest BCUT2D eigenvalue weighted by Gasteiger charge is 2.44. The van der Waals surface area contributed by atoms with E-state index in [0.717, 1.165) is 146 Å². The molecule has 0 aliphatic heterocycles. The zero-order valence-corrected chi connectivity index (χ0v) is 81.3. The molecule has 0 unspecified atom stereocenters. The monoisotopic (exact) mass is 1740 g/mol. The van der Waals surface area contributed by atoms with Crippen LogP contribution in [-0.2, 0) is 0 Å². The zero-order chi connectivity index (χ0) is 83.4. The van der Waals surface area contributed by atoms with Gasteiger partial charge < -0.3 is 0 Å². The maximum absolute atomic E-state index is 5.30. The summed E-state index contributed by atoms with van der Waals surface area (Å²) in [6, 6.07) is 42.3. The second kappa shape index (κ2) is 50.3. The van der Waals surface area contributed by atoms with Crippen LogP contribution in [0.4, 0.5) is 0 Å². The van der Waals surface area contributed by atoms with E-state index in [1.807, 2.05) is 24.3 Å². The van der Waals surface area contributed by atoms with E-state index < -0.39 is 24.2 Å². The van der Waals surface area contributed by atoms with Crippen molar-refractivity contribution < 1.29 is 0 Å². The Morgan fingerprint density at radius 2 is 0.465 bits per heavy atom. The Kier molecular flexibility index (Phi) is 43.7. The molecule has 0 amide bonds. The topological polar surface area (TPSA) is 0 Å². The number of terminal acetylenes is 2. The number of allylic oxidation sites excluding steroid dienone is 6. The van der Waals surface area contributed by atoms with Gasteiger partial charge in [-0.15, -0.1) is 74.8 Å². The Balaban J connectivity index is 0.000000503. The van der Waals surface area contributed by atoms with Crippen molar-refractivity contribution in [1.29, 1.82) is 0 Å². The van der Waals surface area contributed by atoms with E-state index in [9.17, 15) is 0 Å². The fourth-order valence-corrected chi connectivity index (χ4v) is 35.8. The number of hydrogen-bond acceptors (Lipinski definition) is 4. The number of rotatable bonds is 23. The molecule has 0 saturated heterocycles. The summed E-state index contributed by atoms with van der Waals surface area (Å²) in [5.74, 6) is 51.1. The average molecular weight is 1740 g/mol. The first-order valence-electron chi connectivity index (χ1n) is 41.6. The van der Waals surface area contributed by atoms with Crippen molar-refractivity contribution in [3.63, 3.8) is 0 Å². The lowest BCUT2D eigenvalue weighted by molar-refractivity contribution is 0.838. The molecule has 7 aromatic rings. The van der Waals surface area contributed by atoms with Gasteiger partial charge >= 0.3 is 0 Å². The van der Waals surface area contributed by atoms with Crippen molar-refractivity contribution in [3.8, 4) is 138 Å². The highest BCUT2D eigenvalue weighted by atomic mass is 127. The van der Waals surface area contributed by atoms with Crippen LogP contribution in [0.1, 0.15) is 304 Å². The van der Waals surface area contributed by atoms with Crippen LogP contribution in [0.15, 0.2) is 153 Å². The molecule has 0 aliphatic carbocycles. The highest BCUT2D eigenvalue weighted by Crippen LogP contribution is 2.44. The summed E-state index contributed by atoms with van der Waals surface area (Å²) in [5.41, 5.74) is 29.5. The summed E-state index contributed by atoms with van der Waals surface area (Å²) in [6.45, 7) is 55.9. The highest BCUT2D eigenvalue weighted by molar-refractivity contribution is 14.1. The molecule has 0 fully saturated rings. The fourth-order valence-electron chi connectivity index (χ4n) is 15.7. The van der Waals surface area contributed by atoms with E-state index in [4.69, 9.17) is 12.8 Å². The van der Waals surface area contributed by atoms with Gasteiger partial charge in [-0.05, 0) is 232 Å². The van der Waals surface area contributed by atoms with Crippen LogP contribution in [0.2, 0.25) is 49.9 Å². The molecule has 4 aromatic heterocycles. The summed E-state index contributed by atoms with van der Waals surface area (Å²) in [5, 5.41) is 0. The van der Waals surface area contributed by atoms with Gasteiger partial charge in [-0.1, -0.05) is 301 Å². The largest absolute Gasteiger partial charge is 0.146 e. The minimum Gasteiger partial charge on any atom is -0.126 e. The van der Waals surface area contributed by atoms with Crippen molar-refractivity contribution in [2.75, 3.05) is 0 Å². The standard InChI is InChI=1S/C66H82S2Si2.C27H39ISi.C12H6S2.CH4/c1-17-21-59(35-33-55-25-29-57(30-26-55)45-47-69(49(5)6,50(7)8)51(9)10)61(23-19-3)37-39-63-41-43-65(67-63)66-44-42-64(68-66)40-38-62(24-20-4)60(22-18-2)36-34-56-27-31-58(32-28-56)46-48-70(52(11)12,53(13)14)54(15)16;1-9-11-26(27(28)12-10-2)18-17-24-13-15-25(16-14-24)19-20-29(21(3)4,22(5)6)23(7)8;1-3-9-5-7-11(13-9)12-8-6-10(4-2)14-12;/h25-32,41-44,49-54H,17-24H2,1-16H3;13-16,21-23H,9-12H2,1-8H3;1-2,5-8H;1H4/b61-59+,62-60+;27-26+;;. The Hall–Kier alpha value is -7.34. The third-order valence-corrected chi connectivity index (χ3v) is 46.0. The molecule has 8 heteroatoms. The molecule has 0 bridgehead atoms. The third kappa shape index (κ3) is 28.8. The third-order valence-electron chi connectivity index (χ3n) is 21.5. The van der Waals surface area contributed by atoms with Crippen LogP contribution < -0.4 is 0 Å². The Morgan fingerprint density at radius 3 is 0.675 bits per heavy atom. The molecule has 114 heavy (non-hydrogen) atoms. The van der Waals surface area contributed by atoms with Gasteiger partial charge in [0.25, 0.3) is 0 Å². The first-order valence-corrected chi connectivity index (χ1v) is 52.7. The first-order chi connectivity index (χ1) is 54.0. The van der Waals surface area contributed by atoms with E-state index in [1.54, 1.807) is 45.3 Å². The van der Waals surface area contributed by atoms with Gasteiger partial charge in [0, 0.05) is 84.3 Å². The van der Waals surface area contributed by atoms with E-state index in [0.29, 0.717) is 49.9 Å². The predicted molar refractivity (Wildman–Crippen MR) is 530 cm³/mol. The normalized spacial score (nSPS) is 11.8. The molecular formula is C106H131IS4Si3. The molecule has 4 heterocycles. The van der Waals surface area contributed by atoms with Gasteiger partial charge in [0.15, 0.2) is 0 Å². The summed E-state index contributed by atoms with van der Waals surface area (Å²) in [7, 11) is -5.25. The van der Waals surface area contributed by atoms with Crippen LogP contribution in [0.3, 0.4) is 0 Å². The molecule has 0 saturated carbocycles. The van der Waals surface area contributed by atoms with Crippen molar-refractivity contribution in [2.24, 2.45) is 0 Å². The summed E-state index contributed by atoms with van der Waals surface area (Å²) < 4.78 is 1.42. The molecule has 598 valence electrons. The average Bonchev–Trinajstić information content (AvgIpc) is 1.16. The maximum Gasteiger partial charge on any atom is 0.146 e. The van der Waals surface area contributed by atoms with Gasteiger partial charge in [0.2, 0.25) is 0 Å². The first kappa shape index (κ1) is 99.0. The molecule has 3 aromatic carbocycles.